The normalized spacial score (nSPS) is 23.9. The van der Waals surface area contributed by atoms with Gasteiger partial charge in [-0.25, -0.2) is 0 Å². The minimum absolute atomic E-state index is 0.0472. The average Bonchev–Trinajstić information content (AvgIpc) is 2.70. The van der Waals surface area contributed by atoms with Crippen LogP contribution in [0.1, 0.15) is 40.5 Å². The first-order valence-corrected chi connectivity index (χ1v) is 7.74. The van der Waals surface area contributed by atoms with E-state index in [1.807, 2.05) is 24.8 Å². The van der Waals surface area contributed by atoms with Crippen molar-refractivity contribution in [3.05, 3.63) is 12.7 Å². The number of likely N-dealkylation sites (N-methyl/N-ethyl adjacent to an activating group) is 1. The summed E-state index contributed by atoms with van der Waals surface area (Å²) in [4.78, 5) is 16.8. The number of amides is 1. The number of nitrogens with two attached hydrogens (primary N) is 1. The predicted octanol–water partition coefficient (Wildman–Crippen LogP) is 1.86. The van der Waals surface area contributed by atoms with Gasteiger partial charge >= 0.3 is 0 Å². The monoisotopic (exact) mass is 281 g/mol. The molecule has 0 aromatic heterocycles. The Kier molecular flexibility index (Phi) is 6.21. The molecule has 0 spiro atoms. The number of hydrogen-bond acceptors (Lipinski definition) is 3. The van der Waals surface area contributed by atoms with Gasteiger partial charge in [0, 0.05) is 32.2 Å². The first-order chi connectivity index (χ1) is 9.34. The fourth-order valence-electron chi connectivity index (χ4n) is 3.12. The van der Waals surface area contributed by atoms with Gasteiger partial charge in [-0.1, -0.05) is 19.9 Å². The fraction of sp³-hybridized carbons (Fsp3) is 0.812. The lowest BCUT2D eigenvalue weighted by Gasteiger charge is -2.34. The second kappa shape index (κ2) is 7.23. The Bertz CT molecular complexity index is 337. The van der Waals surface area contributed by atoms with E-state index in [0.29, 0.717) is 0 Å². The SMILES string of the molecule is C=CCC(C)(C)CN1C[C@@H](N)C[C@H]1C(=O)N(CC)CC. The molecule has 1 aliphatic heterocycles. The molecule has 0 saturated carbocycles. The Hall–Kier alpha value is -0.870. The van der Waals surface area contributed by atoms with E-state index in [1.54, 1.807) is 0 Å². The minimum Gasteiger partial charge on any atom is -0.342 e. The van der Waals surface area contributed by atoms with Crippen LogP contribution in [0.3, 0.4) is 0 Å². The van der Waals surface area contributed by atoms with Crippen molar-refractivity contribution in [1.29, 1.82) is 0 Å². The van der Waals surface area contributed by atoms with Crippen LogP contribution >= 0.6 is 0 Å². The van der Waals surface area contributed by atoms with E-state index in [-0.39, 0.29) is 23.4 Å². The predicted molar refractivity (Wildman–Crippen MR) is 84.5 cm³/mol. The molecule has 2 atom stereocenters. The molecule has 1 heterocycles. The molecule has 116 valence electrons. The van der Waals surface area contributed by atoms with Gasteiger partial charge in [-0.05, 0) is 32.1 Å². The van der Waals surface area contributed by atoms with Crippen LogP contribution in [0.15, 0.2) is 12.7 Å². The van der Waals surface area contributed by atoms with Gasteiger partial charge < -0.3 is 10.6 Å². The lowest BCUT2D eigenvalue weighted by Crippen LogP contribution is -2.48. The summed E-state index contributed by atoms with van der Waals surface area (Å²) in [7, 11) is 0. The highest BCUT2D eigenvalue weighted by molar-refractivity contribution is 5.82. The number of hydrogen-bond donors (Lipinski definition) is 1. The van der Waals surface area contributed by atoms with Crippen LogP contribution in [0, 0.1) is 5.41 Å². The lowest BCUT2D eigenvalue weighted by molar-refractivity contribution is -0.136. The van der Waals surface area contributed by atoms with Crippen LogP contribution in [-0.4, -0.2) is 54.0 Å². The Morgan fingerprint density at radius 1 is 1.45 bits per heavy atom. The molecule has 4 heteroatoms. The Balaban J connectivity index is 2.78. The zero-order valence-corrected chi connectivity index (χ0v) is 13.6. The first-order valence-electron chi connectivity index (χ1n) is 7.74. The van der Waals surface area contributed by atoms with E-state index in [4.69, 9.17) is 5.73 Å². The quantitative estimate of drug-likeness (QED) is 0.725. The first kappa shape index (κ1) is 17.2. The number of carbonyl (C=O) groups is 1. The van der Waals surface area contributed by atoms with Crippen molar-refractivity contribution in [2.75, 3.05) is 26.2 Å². The van der Waals surface area contributed by atoms with E-state index in [1.165, 1.54) is 0 Å². The molecule has 1 aliphatic rings. The topological polar surface area (TPSA) is 49.6 Å². The van der Waals surface area contributed by atoms with E-state index in [2.05, 4.69) is 25.3 Å². The Morgan fingerprint density at radius 2 is 2.05 bits per heavy atom. The molecule has 20 heavy (non-hydrogen) atoms. The third-order valence-electron chi connectivity index (χ3n) is 4.12. The highest BCUT2D eigenvalue weighted by Gasteiger charge is 2.38. The summed E-state index contributed by atoms with van der Waals surface area (Å²) in [6.07, 6.45) is 3.68. The van der Waals surface area contributed by atoms with E-state index in [9.17, 15) is 4.79 Å². The number of carbonyl (C=O) groups excluding carboxylic acids is 1. The molecule has 0 aromatic carbocycles. The highest BCUT2D eigenvalue weighted by atomic mass is 16.2. The van der Waals surface area contributed by atoms with Crippen molar-refractivity contribution in [2.45, 2.75) is 52.6 Å². The number of allylic oxidation sites excluding steroid dienone is 1. The summed E-state index contributed by atoms with van der Waals surface area (Å²) in [5.74, 6) is 0.234. The lowest BCUT2D eigenvalue weighted by atomic mass is 9.88. The smallest absolute Gasteiger partial charge is 0.239 e. The number of nitrogens with zero attached hydrogens (tertiary/aromatic N) is 2. The molecular weight excluding hydrogens is 250 g/mol. The molecule has 1 saturated heterocycles. The van der Waals surface area contributed by atoms with Crippen LogP contribution in [0.4, 0.5) is 0 Å². The molecule has 1 rings (SSSR count). The summed E-state index contributed by atoms with van der Waals surface area (Å²) in [5, 5.41) is 0. The zero-order chi connectivity index (χ0) is 15.3. The molecule has 0 bridgehead atoms. The maximum Gasteiger partial charge on any atom is 0.239 e. The van der Waals surface area contributed by atoms with Gasteiger partial charge in [-0.2, -0.15) is 0 Å². The summed E-state index contributed by atoms with van der Waals surface area (Å²) < 4.78 is 0. The highest BCUT2D eigenvalue weighted by Crippen LogP contribution is 2.27. The van der Waals surface area contributed by atoms with Gasteiger partial charge in [-0.15, -0.1) is 6.58 Å². The van der Waals surface area contributed by atoms with Gasteiger partial charge in [0.25, 0.3) is 0 Å². The van der Waals surface area contributed by atoms with Crippen molar-refractivity contribution < 1.29 is 4.79 Å². The summed E-state index contributed by atoms with van der Waals surface area (Å²) >= 11 is 0. The number of rotatable bonds is 7. The molecule has 0 unspecified atom stereocenters. The fourth-order valence-corrected chi connectivity index (χ4v) is 3.12. The molecule has 1 amide bonds. The second-order valence-corrected chi connectivity index (χ2v) is 6.61. The summed E-state index contributed by atoms with van der Waals surface area (Å²) in [6, 6.07) is 0.0630. The van der Waals surface area contributed by atoms with Gasteiger partial charge in [0.05, 0.1) is 6.04 Å². The molecule has 2 N–H and O–H groups in total. The maximum atomic E-state index is 12.6. The van der Waals surface area contributed by atoms with Crippen molar-refractivity contribution in [3.63, 3.8) is 0 Å². The van der Waals surface area contributed by atoms with Gasteiger partial charge in [0.2, 0.25) is 5.91 Å². The average molecular weight is 281 g/mol. The van der Waals surface area contributed by atoms with E-state index < -0.39 is 0 Å². The Labute approximate surface area is 124 Å². The maximum absolute atomic E-state index is 12.6. The van der Waals surface area contributed by atoms with Crippen LogP contribution in [0.2, 0.25) is 0 Å². The Morgan fingerprint density at radius 3 is 2.55 bits per heavy atom. The van der Waals surface area contributed by atoms with Crippen molar-refractivity contribution in [2.24, 2.45) is 11.1 Å². The molecule has 4 nitrogen and oxygen atoms in total. The second-order valence-electron chi connectivity index (χ2n) is 6.61. The van der Waals surface area contributed by atoms with Crippen LogP contribution in [0.25, 0.3) is 0 Å². The molecular formula is C16H31N3O. The van der Waals surface area contributed by atoms with Gasteiger partial charge in [0.15, 0.2) is 0 Å². The van der Waals surface area contributed by atoms with Crippen LogP contribution in [0.5, 0.6) is 0 Å². The summed E-state index contributed by atoms with van der Waals surface area (Å²) in [6.45, 7) is 15.6. The number of likely N-dealkylation sites (tertiary alicyclic amines) is 1. The molecule has 0 aromatic rings. The third kappa shape index (κ3) is 4.32. The van der Waals surface area contributed by atoms with Gasteiger partial charge in [0.1, 0.15) is 0 Å². The van der Waals surface area contributed by atoms with Crippen molar-refractivity contribution >= 4 is 5.91 Å². The van der Waals surface area contributed by atoms with E-state index in [0.717, 1.165) is 39.0 Å². The largest absolute Gasteiger partial charge is 0.342 e. The summed E-state index contributed by atoms with van der Waals surface area (Å²) in [5.41, 5.74) is 6.23. The zero-order valence-electron chi connectivity index (χ0n) is 13.6. The van der Waals surface area contributed by atoms with Crippen molar-refractivity contribution in [3.8, 4) is 0 Å². The minimum atomic E-state index is -0.0472. The standard InChI is InChI=1S/C16H31N3O/c1-6-9-16(4,5)12-19-11-13(17)10-14(19)15(20)18(7-2)8-3/h6,13-14H,1,7-12,17H2,2-5H3/t13-,14-/m0/s1. The molecule has 0 radical (unpaired) electrons. The molecule has 1 fully saturated rings. The van der Waals surface area contributed by atoms with Crippen molar-refractivity contribution in [1.82, 2.24) is 9.80 Å². The molecule has 0 aliphatic carbocycles. The van der Waals surface area contributed by atoms with Crippen LogP contribution < -0.4 is 5.73 Å². The van der Waals surface area contributed by atoms with Crippen LogP contribution in [-0.2, 0) is 4.79 Å². The van der Waals surface area contributed by atoms with Gasteiger partial charge in [-0.3, -0.25) is 9.69 Å². The third-order valence-corrected chi connectivity index (χ3v) is 4.12. The van der Waals surface area contributed by atoms with E-state index >= 15 is 0 Å².